The van der Waals surface area contributed by atoms with Crippen LogP contribution in [0.4, 0.5) is 9.52 Å². The average Bonchev–Trinajstić information content (AvgIpc) is 2.61. The number of carbonyl (C=O) groups is 1. The lowest BCUT2D eigenvalue weighted by Gasteiger charge is -2.03. The van der Waals surface area contributed by atoms with Crippen LogP contribution in [-0.2, 0) is 0 Å². The fraction of sp³-hybridized carbons (Fsp3) is 0.231. The van der Waals surface area contributed by atoms with Gasteiger partial charge in [-0.15, -0.1) is 11.3 Å². The Labute approximate surface area is 109 Å². The van der Waals surface area contributed by atoms with E-state index < -0.39 is 0 Å². The molecule has 18 heavy (non-hydrogen) atoms. The summed E-state index contributed by atoms with van der Waals surface area (Å²) in [7, 11) is 0. The van der Waals surface area contributed by atoms with E-state index in [1.165, 1.54) is 17.4 Å². The molecule has 0 unspecified atom stereocenters. The Morgan fingerprint density at radius 1 is 1.33 bits per heavy atom. The minimum absolute atomic E-state index is 0.295. The molecule has 0 radical (unpaired) electrons. The molecule has 0 fully saturated rings. The quantitative estimate of drug-likeness (QED) is 0.902. The number of hydrogen-bond donors (Lipinski definition) is 1. The molecule has 0 aliphatic heterocycles. The first-order valence-electron chi connectivity index (χ1n) is 5.49. The van der Waals surface area contributed by atoms with Gasteiger partial charge >= 0.3 is 0 Å². The molecule has 0 aliphatic carbocycles. The molecule has 5 heteroatoms. The number of hydrogen-bond acceptors (Lipinski definition) is 3. The number of carbonyl (C=O) groups excluding carboxylic acids is 1. The fourth-order valence-electron chi connectivity index (χ4n) is 1.43. The van der Waals surface area contributed by atoms with Gasteiger partial charge in [-0.25, -0.2) is 9.37 Å². The zero-order valence-electron chi connectivity index (χ0n) is 10.4. The van der Waals surface area contributed by atoms with E-state index in [4.69, 9.17) is 0 Å². The van der Waals surface area contributed by atoms with E-state index in [1.807, 2.05) is 13.8 Å². The van der Waals surface area contributed by atoms with Gasteiger partial charge in [0.25, 0.3) is 5.91 Å². The van der Waals surface area contributed by atoms with E-state index in [-0.39, 0.29) is 11.7 Å². The van der Waals surface area contributed by atoms with Gasteiger partial charge in [-0.3, -0.25) is 10.1 Å². The van der Waals surface area contributed by atoms with Crippen LogP contribution in [0.25, 0.3) is 0 Å². The summed E-state index contributed by atoms with van der Waals surface area (Å²) in [4.78, 5) is 17.2. The zero-order chi connectivity index (χ0) is 13.3. The Morgan fingerprint density at radius 2 is 2.06 bits per heavy atom. The maximum Gasteiger partial charge on any atom is 0.257 e. The SMILES string of the molecule is Cc1ccc(C(=O)Nc2nc(C)c(C)s2)cc1F. The summed E-state index contributed by atoms with van der Waals surface area (Å²) in [6.07, 6.45) is 0. The lowest BCUT2D eigenvalue weighted by molar-refractivity contribution is 0.102. The Morgan fingerprint density at radius 3 is 2.61 bits per heavy atom. The minimum Gasteiger partial charge on any atom is -0.298 e. The van der Waals surface area contributed by atoms with Crippen LogP contribution < -0.4 is 5.32 Å². The molecule has 94 valence electrons. The first kappa shape index (κ1) is 12.7. The molecule has 3 nitrogen and oxygen atoms in total. The third-order valence-corrected chi connectivity index (χ3v) is 3.67. The molecule has 0 bridgehead atoms. The second-order valence-corrected chi connectivity index (χ2v) is 5.28. The van der Waals surface area contributed by atoms with Gasteiger partial charge in [-0.2, -0.15) is 0 Å². The lowest BCUT2D eigenvalue weighted by atomic mass is 10.1. The van der Waals surface area contributed by atoms with E-state index in [1.54, 1.807) is 19.1 Å². The van der Waals surface area contributed by atoms with Crippen LogP contribution >= 0.6 is 11.3 Å². The minimum atomic E-state index is -0.380. The topological polar surface area (TPSA) is 42.0 Å². The van der Waals surface area contributed by atoms with E-state index in [2.05, 4.69) is 10.3 Å². The molecule has 2 rings (SSSR count). The molecule has 1 N–H and O–H groups in total. The number of halogens is 1. The fourth-order valence-corrected chi connectivity index (χ4v) is 2.24. The number of amides is 1. The van der Waals surface area contributed by atoms with Gasteiger partial charge in [-0.05, 0) is 38.5 Å². The van der Waals surface area contributed by atoms with Gasteiger partial charge in [0.05, 0.1) is 5.69 Å². The first-order chi connectivity index (χ1) is 8.47. The largest absolute Gasteiger partial charge is 0.298 e. The molecule has 0 saturated heterocycles. The molecular weight excluding hydrogens is 251 g/mol. The molecule has 1 amide bonds. The van der Waals surface area contributed by atoms with Crippen molar-refractivity contribution in [2.75, 3.05) is 5.32 Å². The van der Waals surface area contributed by atoms with Crippen LogP contribution in [0.2, 0.25) is 0 Å². The summed E-state index contributed by atoms with van der Waals surface area (Å²) >= 11 is 1.41. The molecule has 2 aromatic rings. The lowest BCUT2D eigenvalue weighted by Crippen LogP contribution is -2.12. The number of rotatable bonds is 2. The predicted molar refractivity (Wildman–Crippen MR) is 70.7 cm³/mol. The molecular formula is C13H13FN2OS. The van der Waals surface area contributed by atoms with Crippen LogP contribution in [0.3, 0.4) is 0 Å². The van der Waals surface area contributed by atoms with Crippen LogP contribution in [0.1, 0.15) is 26.5 Å². The highest BCUT2D eigenvalue weighted by Crippen LogP contribution is 2.21. The number of anilines is 1. The van der Waals surface area contributed by atoms with Crippen LogP contribution in [0, 0.1) is 26.6 Å². The van der Waals surface area contributed by atoms with Crippen molar-refractivity contribution in [2.24, 2.45) is 0 Å². The number of nitrogens with zero attached hydrogens (tertiary/aromatic N) is 1. The second-order valence-electron chi connectivity index (χ2n) is 4.08. The van der Waals surface area contributed by atoms with Gasteiger partial charge in [0.2, 0.25) is 0 Å². The number of benzene rings is 1. The summed E-state index contributed by atoms with van der Waals surface area (Å²) in [6.45, 7) is 5.48. The molecule has 0 spiro atoms. The van der Waals surface area contributed by atoms with E-state index in [9.17, 15) is 9.18 Å². The van der Waals surface area contributed by atoms with E-state index in [0.717, 1.165) is 10.6 Å². The molecule has 1 aromatic carbocycles. The Balaban J connectivity index is 2.19. The van der Waals surface area contributed by atoms with Crippen LogP contribution in [-0.4, -0.2) is 10.9 Å². The Bertz CT molecular complexity index is 588. The molecule has 0 saturated carbocycles. The van der Waals surface area contributed by atoms with Crippen molar-refractivity contribution in [3.63, 3.8) is 0 Å². The highest BCUT2D eigenvalue weighted by Gasteiger charge is 2.11. The van der Waals surface area contributed by atoms with Gasteiger partial charge in [0.1, 0.15) is 5.82 Å². The number of nitrogens with one attached hydrogen (secondary N) is 1. The molecule has 1 aromatic heterocycles. The third-order valence-electron chi connectivity index (χ3n) is 2.68. The normalized spacial score (nSPS) is 10.4. The first-order valence-corrected chi connectivity index (χ1v) is 6.30. The predicted octanol–water partition coefficient (Wildman–Crippen LogP) is 3.46. The number of aromatic nitrogens is 1. The zero-order valence-corrected chi connectivity index (χ0v) is 11.2. The van der Waals surface area contributed by atoms with Gasteiger partial charge < -0.3 is 0 Å². The van der Waals surface area contributed by atoms with Crippen molar-refractivity contribution in [1.29, 1.82) is 0 Å². The van der Waals surface area contributed by atoms with Crippen molar-refractivity contribution in [3.05, 3.63) is 45.7 Å². The maximum absolute atomic E-state index is 13.4. The Kier molecular flexibility index (Phi) is 3.43. The van der Waals surface area contributed by atoms with Crippen LogP contribution in [0.5, 0.6) is 0 Å². The van der Waals surface area contributed by atoms with Gasteiger partial charge in [0.15, 0.2) is 5.13 Å². The van der Waals surface area contributed by atoms with Crippen LogP contribution in [0.15, 0.2) is 18.2 Å². The van der Waals surface area contributed by atoms with Crippen molar-refractivity contribution in [3.8, 4) is 0 Å². The van der Waals surface area contributed by atoms with E-state index in [0.29, 0.717) is 16.3 Å². The highest BCUT2D eigenvalue weighted by molar-refractivity contribution is 7.15. The Hall–Kier alpha value is -1.75. The summed E-state index contributed by atoms with van der Waals surface area (Å²) in [5.74, 6) is -0.725. The maximum atomic E-state index is 13.4. The van der Waals surface area contributed by atoms with Gasteiger partial charge in [0, 0.05) is 10.4 Å². The summed E-state index contributed by atoms with van der Waals surface area (Å²) in [5.41, 5.74) is 1.71. The van der Waals surface area contributed by atoms with Crippen molar-refractivity contribution in [1.82, 2.24) is 4.98 Å². The van der Waals surface area contributed by atoms with Crippen molar-refractivity contribution >= 4 is 22.4 Å². The standard InChI is InChI=1S/C13H13FN2OS/c1-7-4-5-10(6-11(7)14)12(17)16-13-15-8(2)9(3)18-13/h4-6H,1-3H3,(H,15,16,17). The monoisotopic (exact) mass is 264 g/mol. The summed E-state index contributed by atoms with van der Waals surface area (Å²) < 4.78 is 13.4. The third kappa shape index (κ3) is 2.56. The second kappa shape index (κ2) is 4.86. The average molecular weight is 264 g/mol. The van der Waals surface area contributed by atoms with Gasteiger partial charge in [-0.1, -0.05) is 6.07 Å². The smallest absolute Gasteiger partial charge is 0.257 e. The molecule has 0 aliphatic rings. The number of aryl methyl sites for hydroxylation is 3. The summed E-state index contributed by atoms with van der Waals surface area (Å²) in [6, 6.07) is 4.42. The van der Waals surface area contributed by atoms with Crippen molar-refractivity contribution in [2.45, 2.75) is 20.8 Å². The molecule has 1 heterocycles. The van der Waals surface area contributed by atoms with Crippen molar-refractivity contribution < 1.29 is 9.18 Å². The summed E-state index contributed by atoms with van der Waals surface area (Å²) in [5, 5.41) is 3.21. The highest BCUT2D eigenvalue weighted by atomic mass is 32.1. The number of thiazole rings is 1. The van der Waals surface area contributed by atoms with E-state index >= 15 is 0 Å². The molecule has 0 atom stereocenters.